The molecule has 4 aliphatic heterocycles. The van der Waals surface area contributed by atoms with Crippen molar-refractivity contribution < 1.29 is 31.8 Å². The highest BCUT2D eigenvalue weighted by atomic mass is 35.5. The van der Waals surface area contributed by atoms with Crippen LogP contribution in [0.1, 0.15) is 49.7 Å². The first-order valence-corrected chi connectivity index (χ1v) is 15.4. The summed E-state index contributed by atoms with van der Waals surface area (Å²) < 4.78 is 79.9. The van der Waals surface area contributed by atoms with Crippen molar-refractivity contribution in [3.63, 3.8) is 0 Å². The van der Waals surface area contributed by atoms with Crippen LogP contribution < -0.4 is 15.0 Å². The SMILES string of the molecule is N#Cc1cc2c(N3CCC4CCC(C3)N4)nc(OC[C@@]34CCCN3C[C@H](F)C4)nc2c(F)c1-c1cc(O)cc(Cl)c1C(F)(F)F. The minimum absolute atomic E-state index is 0.0652. The second kappa shape index (κ2) is 11.1. The Morgan fingerprint density at radius 1 is 1.13 bits per heavy atom. The Balaban J connectivity index is 1.40. The minimum atomic E-state index is -5.03. The van der Waals surface area contributed by atoms with E-state index in [9.17, 15) is 27.9 Å². The van der Waals surface area contributed by atoms with Gasteiger partial charge in [0.15, 0.2) is 5.82 Å². The molecule has 4 saturated heterocycles. The summed E-state index contributed by atoms with van der Waals surface area (Å²) in [6.07, 6.45) is -1.37. The molecule has 4 aliphatic rings. The topological polar surface area (TPSA) is 97.5 Å². The Bertz CT molecular complexity index is 1720. The molecule has 3 aromatic rings. The molecule has 4 atom stereocenters. The van der Waals surface area contributed by atoms with E-state index in [2.05, 4.69) is 20.2 Å². The Kier molecular flexibility index (Phi) is 7.45. The van der Waals surface area contributed by atoms with Crippen molar-refractivity contribution in [3.8, 4) is 29.0 Å². The second-order valence-electron chi connectivity index (χ2n) is 12.5. The number of phenolic OH excluding ortho intramolecular Hbond substituents is 1. The number of nitrogens with zero attached hydrogens (tertiary/aromatic N) is 5. The molecule has 238 valence electrons. The average molecular weight is 649 g/mol. The van der Waals surface area contributed by atoms with Crippen molar-refractivity contribution in [3.05, 3.63) is 40.2 Å². The maximum absolute atomic E-state index is 16.7. The number of nitriles is 1. The monoisotopic (exact) mass is 648 g/mol. The molecule has 4 fully saturated rings. The first kappa shape index (κ1) is 30.2. The third-order valence-corrected chi connectivity index (χ3v) is 9.99. The van der Waals surface area contributed by atoms with Gasteiger partial charge in [-0.15, -0.1) is 0 Å². The van der Waals surface area contributed by atoms with Crippen molar-refractivity contribution in [2.45, 2.75) is 68.5 Å². The number of anilines is 1. The summed E-state index contributed by atoms with van der Waals surface area (Å²) in [5, 5.41) is 23.1. The van der Waals surface area contributed by atoms with Gasteiger partial charge in [0.1, 0.15) is 29.9 Å². The van der Waals surface area contributed by atoms with Crippen LogP contribution in [0.5, 0.6) is 11.8 Å². The summed E-state index contributed by atoms with van der Waals surface area (Å²) in [4.78, 5) is 13.0. The highest BCUT2D eigenvalue weighted by molar-refractivity contribution is 6.32. The molecule has 5 heterocycles. The molecule has 1 aromatic heterocycles. The lowest BCUT2D eigenvalue weighted by atomic mass is 9.92. The number of hydrogen-bond acceptors (Lipinski definition) is 8. The molecule has 14 heteroatoms. The molecule has 0 aliphatic carbocycles. The number of fused-ring (bicyclic) bond motifs is 4. The molecular formula is C31H30ClF5N6O2. The van der Waals surface area contributed by atoms with Gasteiger partial charge in [-0.1, -0.05) is 11.6 Å². The van der Waals surface area contributed by atoms with E-state index in [-0.39, 0.29) is 36.0 Å². The van der Waals surface area contributed by atoms with Crippen LogP contribution in [0.3, 0.4) is 0 Å². The van der Waals surface area contributed by atoms with Gasteiger partial charge in [0.05, 0.1) is 27.8 Å². The maximum Gasteiger partial charge on any atom is 0.418 e. The van der Waals surface area contributed by atoms with Gasteiger partial charge in [0.2, 0.25) is 0 Å². The van der Waals surface area contributed by atoms with E-state index in [1.54, 1.807) is 0 Å². The van der Waals surface area contributed by atoms with Gasteiger partial charge in [0, 0.05) is 54.7 Å². The zero-order valence-electron chi connectivity index (χ0n) is 24.1. The highest BCUT2D eigenvalue weighted by Crippen LogP contribution is 2.47. The summed E-state index contributed by atoms with van der Waals surface area (Å²) in [6, 6.07) is 4.84. The lowest BCUT2D eigenvalue weighted by Crippen LogP contribution is -2.43. The Morgan fingerprint density at radius 3 is 2.71 bits per heavy atom. The summed E-state index contributed by atoms with van der Waals surface area (Å²) >= 11 is 5.92. The summed E-state index contributed by atoms with van der Waals surface area (Å²) in [5.41, 5.74) is -4.16. The van der Waals surface area contributed by atoms with Gasteiger partial charge in [-0.25, -0.2) is 8.78 Å². The predicted molar refractivity (Wildman–Crippen MR) is 157 cm³/mol. The van der Waals surface area contributed by atoms with Crippen LogP contribution in [-0.4, -0.2) is 76.6 Å². The fourth-order valence-corrected chi connectivity index (χ4v) is 8.03. The van der Waals surface area contributed by atoms with Gasteiger partial charge in [-0.2, -0.15) is 28.4 Å². The van der Waals surface area contributed by atoms with Crippen LogP contribution in [-0.2, 0) is 6.18 Å². The number of aromatic nitrogens is 2. The number of ether oxygens (including phenoxy) is 1. The summed E-state index contributed by atoms with van der Waals surface area (Å²) in [6.45, 7) is 2.21. The zero-order valence-corrected chi connectivity index (χ0v) is 24.9. The van der Waals surface area contributed by atoms with Crippen LogP contribution in [0, 0.1) is 17.1 Å². The maximum atomic E-state index is 16.7. The van der Waals surface area contributed by atoms with Crippen molar-refractivity contribution in [2.24, 2.45) is 0 Å². The lowest BCUT2D eigenvalue weighted by molar-refractivity contribution is -0.137. The Morgan fingerprint density at radius 2 is 1.93 bits per heavy atom. The van der Waals surface area contributed by atoms with Crippen LogP contribution in [0.25, 0.3) is 22.0 Å². The smallest absolute Gasteiger partial charge is 0.418 e. The molecule has 0 spiro atoms. The van der Waals surface area contributed by atoms with Gasteiger partial charge >= 0.3 is 12.2 Å². The molecule has 0 saturated carbocycles. The summed E-state index contributed by atoms with van der Waals surface area (Å²) in [5.74, 6) is -1.54. The number of alkyl halides is 4. The highest BCUT2D eigenvalue weighted by Gasteiger charge is 2.49. The van der Waals surface area contributed by atoms with E-state index in [1.807, 2.05) is 11.0 Å². The van der Waals surface area contributed by atoms with E-state index < -0.39 is 56.7 Å². The molecule has 2 aromatic carbocycles. The average Bonchev–Trinajstić information content (AvgIpc) is 3.61. The van der Waals surface area contributed by atoms with E-state index in [4.69, 9.17) is 16.3 Å². The Hall–Kier alpha value is -3.47. The van der Waals surface area contributed by atoms with E-state index in [0.717, 1.165) is 44.7 Å². The van der Waals surface area contributed by atoms with E-state index >= 15 is 4.39 Å². The number of aromatic hydroxyl groups is 1. The summed E-state index contributed by atoms with van der Waals surface area (Å²) in [7, 11) is 0. The molecule has 2 N–H and O–H groups in total. The number of nitrogens with one attached hydrogen (secondary N) is 1. The fourth-order valence-electron chi connectivity index (χ4n) is 7.71. The third-order valence-electron chi connectivity index (χ3n) is 9.69. The first-order chi connectivity index (χ1) is 21.5. The van der Waals surface area contributed by atoms with E-state index in [0.29, 0.717) is 37.6 Å². The van der Waals surface area contributed by atoms with Gasteiger partial charge in [-0.05, 0) is 56.8 Å². The number of hydrogen-bond donors (Lipinski definition) is 2. The number of phenols is 1. The molecule has 45 heavy (non-hydrogen) atoms. The van der Waals surface area contributed by atoms with Crippen molar-refractivity contribution >= 4 is 28.3 Å². The second-order valence-corrected chi connectivity index (χ2v) is 12.9. The molecule has 2 unspecified atom stereocenters. The molecule has 0 amide bonds. The zero-order chi connectivity index (χ0) is 31.7. The number of benzene rings is 2. The number of rotatable bonds is 5. The predicted octanol–water partition coefficient (Wildman–Crippen LogP) is 5.97. The molecule has 2 bridgehead atoms. The van der Waals surface area contributed by atoms with Crippen LogP contribution in [0.2, 0.25) is 5.02 Å². The normalized spacial score (nSPS) is 26.7. The third kappa shape index (κ3) is 5.30. The standard InChI is InChI=1S/C31H30ClF5N6O2/c32-23-10-20(44)9-21(25(23)31(35,36)37)24-16(12-38)8-22-27(26(24)34)40-29(45-15-30-5-1-6-43(30)13-17(33)11-30)41-28(22)42-7-4-18-2-3-19(14-42)39-18/h8-10,17-19,39,44H,1-7,11,13-15H2/t17-,18?,19?,30+/m1/s1. The van der Waals surface area contributed by atoms with Gasteiger partial charge in [0.25, 0.3) is 0 Å². The van der Waals surface area contributed by atoms with Crippen molar-refractivity contribution in [1.29, 1.82) is 5.26 Å². The van der Waals surface area contributed by atoms with Gasteiger partial charge < -0.3 is 20.1 Å². The van der Waals surface area contributed by atoms with Crippen molar-refractivity contribution in [1.82, 2.24) is 20.2 Å². The van der Waals surface area contributed by atoms with Crippen LogP contribution in [0.4, 0.5) is 27.8 Å². The quantitative estimate of drug-likeness (QED) is 0.327. The van der Waals surface area contributed by atoms with E-state index in [1.165, 1.54) is 6.07 Å². The number of halogens is 6. The lowest BCUT2D eigenvalue weighted by Gasteiger charge is -2.31. The first-order valence-electron chi connectivity index (χ1n) is 15.0. The fraction of sp³-hybridized carbons (Fsp3) is 0.516. The largest absolute Gasteiger partial charge is 0.508 e. The molecule has 0 radical (unpaired) electrons. The van der Waals surface area contributed by atoms with Crippen LogP contribution in [0.15, 0.2) is 18.2 Å². The molecular weight excluding hydrogens is 619 g/mol. The Labute approximate surface area is 260 Å². The minimum Gasteiger partial charge on any atom is -0.508 e. The molecule has 7 rings (SSSR count). The molecule has 8 nitrogen and oxygen atoms in total. The van der Waals surface area contributed by atoms with Crippen molar-refractivity contribution in [2.75, 3.05) is 37.7 Å². The van der Waals surface area contributed by atoms with Gasteiger partial charge in [-0.3, -0.25) is 4.90 Å². The van der Waals surface area contributed by atoms with Crippen LogP contribution >= 0.6 is 11.6 Å².